The van der Waals surface area contributed by atoms with Gasteiger partial charge < -0.3 is 10.4 Å². The predicted octanol–water partition coefficient (Wildman–Crippen LogP) is 5.73. The summed E-state index contributed by atoms with van der Waals surface area (Å²) >= 11 is 13.6. The van der Waals surface area contributed by atoms with E-state index in [9.17, 15) is 14.7 Å². The number of aromatic hydroxyl groups is 1. The molecule has 1 aromatic heterocycles. The number of benzene rings is 1. The molecule has 0 bridgehead atoms. The van der Waals surface area contributed by atoms with Crippen molar-refractivity contribution in [3.63, 3.8) is 0 Å². The van der Waals surface area contributed by atoms with Crippen LogP contribution in [0.25, 0.3) is 0 Å². The second-order valence-electron chi connectivity index (χ2n) is 8.21. The summed E-state index contributed by atoms with van der Waals surface area (Å²) in [5, 5.41) is 13.6. The van der Waals surface area contributed by atoms with Crippen molar-refractivity contribution in [2.45, 2.75) is 58.4 Å². The number of carbonyl (C=O) groups is 2. The molecular weight excluding hydrogens is 441 g/mol. The third kappa shape index (κ3) is 5.99. The molecule has 2 N–H and O–H groups in total. The number of aryl methyl sites for hydroxylation is 2. The normalized spacial score (nSPS) is 19.6. The van der Waals surface area contributed by atoms with E-state index in [1.165, 1.54) is 4.88 Å². The number of thiophene rings is 1. The maximum absolute atomic E-state index is 12.6. The number of hydrogen-bond donors (Lipinski definition) is 2. The lowest BCUT2D eigenvalue weighted by Crippen LogP contribution is -2.41. The fourth-order valence-corrected chi connectivity index (χ4v) is 5.62. The number of halogens is 2. The van der Waals surface area contributed by atoms with Crippen LogP contribution in [0.1, 0.15) is 48.6 Å². The van der Waals surface area contributed by atoms with Crippen LogP contribution in [0.2, 0.25) is 9.36 Å². The number of hydrogen-bond acceptors (Lipinski definition) is 4. The van der Waals surface area contributed by atoms with Gasteiger partial charge in [0, 0.05) is 22.2 Å². The fraction of sp³-hybridized carbons (Fsp3) is 0.478. The van der Waals surface area contributed by atoms with Crippen molar-refractivity contribution >= 4 is 46.2 Å². The summed E-state index contributed by atoms with van der Waals surface area (Å²) in [4.78, 5) is 26.4. The van der Waals surface area contributed by atoms with Crippen LogP contribution in [-0.2, 0) is 22.4 Å². The summed E-state index contributed by atoms with van der Waals surface area (Å²) in [5.41, 5.74) is 1.34. The number of Topliss-reactive ketones (excluding diaryl/α,β-unsaturated/α-hetero) is 1. The molecule has 0 radical (unpaired) electrons. The Morgan fingerprint density at radius 3 is 2.73 bits per heavy atom. The van der Waals surface area contributed by atoms with Crippen LogP contribution in [0.4, 0.5) is 0 Å². The zero-order valence-electron chi connectivity index (χ0n) is 17.2. The first-order valence-electron chi connectivity index (χ1n) is 10.3. The topological polar surface area (TPSA) is 66.4 Å². The summed E-state index contributed by atoms with van der Waals surface area (Å²) in [5.74, 6) is 0.524. The van der Waals surface area contributed by atoms with E-state index in [0.29, 0.717) is 28.5 Å². The van der Waals surface area contributed by atoms with Gasteiger partial charge in [-0.25, -0.2) is 0 Å². The largest absolute Gasteiger partial charge is 0.507 e. The van der Waals surface area contributed by atoms with E-state index in [-0.39, 0.29) is 29.8 Å². The molecule has 1 saturated carbocycles. The molecule has 0 aliphatic heterocycles. The molecule has 1 heterocycles. The smallest absolute Gasteiger partial charge is 0.223 e. The quantitative estimate of drug-likeness (QED) is 0.520. The van der Waals surface area contributed by atoms with Crippen molar-refractivity contribution in [3.05, 3.63) is 49.6 Å². The van der Waals surface area contributed by atoms with Crippen LogP contribution < -0.4 is 5.32 Å². The Balaban J connectivity index is 1.46. The molecule has 30 heavy (non-hydrogen) atoms. The minimum atomic E-state index is -0.546. The molecule has 0 spiro atoms. The molecule has 162 valence electrons. The Bertz CT molecular complexity index is 927. The third-order valence-electron chi connectivity index (χ3n) is 5.86. The van der Waals surface area contributed by atoms with Crippen LogP contribution >= 0.6 is 34.5 Å². The highest BCUT2D eigenvalue weighted by Crippen LogP contribution is 2.35. The number of rotatable bonds is 8. The average Bonchev–Trinajstić information content (AvgIpc) is 3.32. The van der Waals surface area contributed by atoms with E-state index in [4.69, 9.17) is 23.2 Å². The van der Waals surface area contributed by atoms with Crippen molar-refractivity contribution in [3.8, 4) is 5.75 Å². The molecule has 1 fully saturated rings. The molecule has 4 nitrogen and oxygen atoms in total. The molecule has 1 aromatic carbocycles. The molecule has 7 heteroatoms. The lowest BCUT2D eigenvalue weighted by molar-refractivity contribution is -0.129. The zero-order valence-corrected chi connectivity index (χ0v) is 19.5. The van der Waals surface area contributed by atoms with Gasteiger partial charge in [-0.3, -0.25) is 9.59 Å². The Labute approximate surface area is 191 Å². The van der Waals surface area contributed by atoms with Crippen LogP contribution in [-0.4, -0.2) is 22.8 Å². The van der Waals surface area contributed by atoms with Gasteiger partial charge in [0.1, 0.15) is 5.75 Å². The highest BCUT2D eigenvalue weighted by Gasteiger charge is 2.31. The Morgan fingerprint density at radius 2 is 2.03 bits per heavy atom. The maximum Gasteiger partial charge on any atom is 0.223 e. The van der Waals surface area contributed by atoms with E-state index in [1.807, 2.05) is 6.07 Å². The van der Waals surface area contributed by atoms with Crippen molar-refractivity contribution in [2.75, 3.05) is 0 Å². The molecular formula is C23H27Cl2NO3S. The number of phenols is 1. The first-order chi connectivity index (χ1) is 14.2. The standard InChI is InChI=1S/C23H27Cl2NO3S/c1-13-9-18(24)12-16(22(13)28)5-7-20(27)14(2)26-23(29)17-4-3-15(10-17)11-19-6-8-21(25)30-19/h6,8-9,12,14-15,17,28H,3-5,7,10-11H2,1-2H3,(H,26,29)/t14-,15+,17+/m0/s1. The van der Waals surface area contributed by atoms with Crippen molar-refractivity contribution in [2.24, 2.45) is 11.8 Å². The number of carbonyl (C=O) groups excluding carboxylic acids is 2. The number of nitrogens with one attached hydrogen (secondary N) is 1. The monoisotopic (exact) mass is 467 g/mol. The van der Waals surface area contributed by atoms with Gasteiger partial charge in [0.2, 0.25) is 5.91 Å². The molecule has 2 aromatic rings. The second-order valence-corrected chi connectivity index (χ2v) is 10.4. The summed E-state index contributed by atoms with van der Waals surface area (Å²) in [6.45, 7) is 3.50. The fourth-order valence-electron chi connectivity index (χ4n) is 4.13. The summed E-state index contributed by atoms with van der Waals surface area (Å²) < 4.78 is 0.797. The van der Waals surface area contributed by atoms with Crippen LogP contribution in [0.3, 0.4) is 0 Å². The van der Waals surface area contributed by atoms with Gasteiger partial charge in [0.15, 0.2) is 5.78 Å². The SMILES string of the molecule is Cc1cc(Cl)cc(CCC(=O)[C@H](C)NC(=O)[C@@H]2CC[C@@H](Cc3ccc(Cl)s3)C2)c1O. The lowest BCUT2D eigenvalue weighted by atomic mass is 9.99. The van der Waals surface area contributed by atoms with E-state index >= 15 is 0 Å². The van der Waals surface area contributed by atoms with Crippen molar-refractivity contribution in [1.82, 2.24) is 5.32 Å². The first-order valence-corrected chi connectivity index (χ1v) is 11.9. The molecule has 3 atom stereocenters. The van der Waals surface area contributed by atoms with E-state index < -0.39 is 6.04 Å². The van der Waals surface area contributed by atoms with E-state index in [1.54, 1.807) is 37.3 Å². The maximum atomic E-state index is 12.6. The Kier molecular flexibility index (Phi) is 7.83. The van der Waals surface area contributed by atoms with Crippen molar-refractivity contribution < 1.29 is 14.7 Å². The van der Waals surface area contributed by atoms with Gasteiger partial charge in [-0.05, 0) is 87.3 Å². The van der Waals surface area contributed by atoms with E-state index in [0.717, 1.165) is 30.0 Å². The Morgan fingerprint density at radius 1 is 1.27 bits per heavy atom. The van der Waals surface area contributed by atoms with Crippen LogP contribution in [0, 0.1) is 18.8 Å². The van der Waals surface area contributed by atoms with Crippen molar-refractivity contribution in [1.29, 1.82) is 0 Å². The zero-order chi connectivity index (χ0) is 21.8. The molecule has 1 aliphatic carbocycles. The number of phenolic OH excluding ortho intramolecular Hbond substituents is 1. The van der Waals surface area contributed by atoms with Gasteiger partial charge in [0.25, 0.3) is 0 Å². The third-order valence-corrected chi connectivity index (χ3v) is 7.33. The molecule has 1 amide bonds. The average molecular weight is 468 g/mol. The highest BCUT2D eigenvalue weighted by atomic mass is 35.5. The van der Waals surface area contributed by atoms with Crippen LogP contribution in [0.5, 0.6) is 5.75 Å². The van der Waals surface area contributed by atoms with Crippen LogP contribution in [0.15, 0.2) is 24.3 Å². The minimum Gasteiger partial charge on any atom is -0.507 e. The minimum absolute atomic E-state index is 0.0380. The van der Waals surface area contributed by atoms with E-state index in [2.05, 4.69) is 11.4 Å². The molecule has 3 rings (SSSR count). The lowest BCUT2D eigenvalue weighted by Gasteiger charge is -2.17. The van der Waals surface area contributed by atoms with Gasteiger partial charge in [-0.2, -0.15) is 0 Å². The molecule has 0 saturated heterocycles. The molecule has 0 unspecified atom stereocenters. The summed E-state index contributed by atoms with van der Waals surface area (Å²) in [7, 11) is 0. The second kappa shape index (κ2) is 10.2. The van der Waals surface area contributed by atoms with Gasteiger partial charge in [0.05, 0.1) is 10.4 Å². The highest BCUT2D eigenvalue weighted by molar-refractivity contribution is 7.16. The number of amides is 1. The summed E-state index contributed by atoms with van der Waals surface area (Å²) in [6.07, 6.45) is 4.30. The predicted molar refractivity (Wildman–Crippen MR) is 123 cm³/mol. The van der Waals surface area contributed by atoms with Gasteiger partial charge in [-0.15, -0.1) is 11.3 Å². The first kappa shape index (κ1) is 23.1. The summed E-state index contributed by atoms with van der Waals surface area (Å²) in [6, 6.07) is 6.79. The Hall–Kier alpha value is -1.56. The number of ketones is 1. The molecule has 1 aliphatic rings. The van der Waals surface area contributed by atoms with Gasteiger partial charge >= 0.3 is 0 Å². The van der Waals surface area contributed by atoms with Gasteiger partial charge in [-0.1, -0.05) is 23.2 Å².